The summed E-state index contributed by atoms with van der Waals surface area (Å²) in [4.78, 5) is 0. The maximum atomic E-state index is 10.00. The van der Waals surface area contributed by atoms with E-state index in [-0.39, 0.29) is 6.10 Å². The van der Waals surface area contributed by atoms with E-state index in [9.17, 15) is 5.11 Å². The predicted octanol–water partition coefficient (Wildman–Crippen LogP) is 2.33. The Morgan fingerprint density at radius 1 is 1.50 bits per heavy atom. The van der Waals surface area contributed by atoms with Crippen molar-refractivity contribution in [3.8, 4) is 0 Å². The van der Waals surface area contributed by atoms with Gasteiger partial charge in [0, 0.05) is 13.2 Å². The van der Waals surface area contributed by atoms with Gasteiger partial charge in [0.1, 0.15) is 0 Å². The third-order valence-corrected chi connectivity index (χ3v) is 3.18. The molecule has 16 heavy (non-hydrogen) atoms. The van der Waals surface area contributed by atoms with Crippen LogP contribution >= 0.6 is 0 Å². The van der Waals surface area contributed by atoms with Gasteiger partial charge in [-0.2, -0.15) is 0 Å². The normalized spacial score (nSPS) is 22.2. The van der Waals surface area contributed by atoms with Crippen molar-refractivity contribution in [1.82, 2.24) is 0 Å². The van der Waals surface area contributed by atoms with Crippen molar-refractivity contribution in [2.75, 3.05) is 13.2 Å². The van der Waals surface area contributed by atoms with Crippen LogP contribution in [0.1, 0.15) is 24.0 Å². The van der Waals surface area contributed by atoms with Gasteiger partial charge in [0.2, 0.25) is 0 Å². The molecule has 2 nitrogen and oxygen atoms in total. The Kier molecular flexibility index (Phi) is 3.97. The Hall–Kier alpha value is -0.860. The molecule has 1 aromatic rings. The lowest BCUT2D eigenvalue weighted by atomic mass is 9.96. The topological polar surface area (TPSA) is 29.5 Å². The molecule has 1 saturated heterocycles. The fourth-order valence-electron chi connectivity index (χ4n) is 2.35. The molecule has 1 fully saturated rings. The summed E-state index contributed by atoms with van der Waals surface area (Å²) in [6.07, 6.45) is 2.50. The molecular weight excluding hydrogens is 200 g/mol. The third-order valence-electron chi connectivity index (χ3n) is 3.18. The van der Waals surface area contributed by atoms with Crippen LogP contribution in [0.5, 0.6) is 0 Å². The van der Waals surface area contributed by atoms with Gasteiger partial charge in [-0.3, -0.25) is 0 Å². The van der Waals surface area contributed by atoms with E-state index in [1.54, 1.807) is 0 Å². The minimum absolute atomic E-state index is 0.228. The van der Waals surface area contributed by atoms with Gasteiger partial charge >= 0.3 is 0 Å². The van der Waals surface area contributed by atoms with Crippen LogP contribution in [0.3, 0.4) is 0 Å². The van der Waals surface area contributed by atoms with E-state index in [4.69, 9.17) is 4.74 Å². The van der Waals surface area contributed by atoms with Crippen LogP contribution in [0.15, 0.2) is 24.3 Å². The van der Waals surface area contributed by atoms with Crippen LogP contribution in [0.4, 0.5) is 0 Å². The first kappa shape index (κ1) is 11.6. The van der Waals surface area contributed by atoms with E-state index in [1.165, 1.54) is 11.1 Å². The van der Waals surface area contributed by atoms with Crippen LogP contribution in [-0.2, 0) is 11.2 Å². The number of aliphatic hydroxyl groups excluding tert-OH is 1. The molecular formula is C14H20O2. The van der Waals surface area contributed by atoms with Gasteiger partial charge < -0.3 is 9.84 Å². The lowest BCUT2D eigenvalue weighted by Crippen LogP contribution is -2.16. The van der Waals surface area contributed by atoms with Crippen molar-refractivity contribution >= 4 is 0 Å². The molecule has 0 saturated carbocycles. The van der Waals surface area contributed by atoms with Gasteiger partial charge in [-0.15, -0.1) is 0 Å². The summed E-state index contributed by atoms with van der Waals surface area (Å²) >= 11 is 0. The fourth-order valence-corrected chi connectivity index (χ4v) is 2.35. The molecule has 0 bridgehead atoms. The van der Waals surface area contributed by atoms with E-state index in [1.807, 2.05) is 0 Å². The lowest BCUT2D eigenvalue weighted by Gasteiger charge is -2.14. The molecule has 88 valence electrons. The smallest absolute Gasteiger partial charge is 0.0584 e. The summed E-state index contributed by atoms with van der Waals surface area (Å²) in [5, 5.41) is 10.00. The molecule has 1 aromatic carbocycles. The van der Waals surface area contributed by atoms with Gasteiger partial charge in [0.25, 0.3) is 0 Å². The zero-order valence-electron chi connectivity index (χ0n) is 9.86. The molecule has 0 aromatic heterocycles. The minimum Gasteiger partial charge on any atom is -0.393 e. The maximum Gasteiger partial charge on any atom is 0.0584 e. The summed E-state index contributed by atoms with van der Waals surface area (Å²) in [5.74, 6) is 0.555. The second-order valence-electron chi connectivity index (χ2n) is 4.81. The molecule has 1 aliphatic heterocycles. The van der Waals surface area contributed by atoms with E-state index in [0.29, 0.717) is 5.92 Å². The highest BCUT2D eigenvalue weighted by Crippen LogP contribution is 2.20. The van der Waals surface area contributed by atoms with Crippen molar-refractivity contribution in [3.05, 3.63) is 35.4 Å². The number of aryl methyl sites for hydroxylation is 1. The molecule has 0 aliphatic carbocycles. The standard InChI is InChI=1S/C14H20O2/c1-11-3-2-4-12(7-11)8-14(15)9-13-5-6-16-10-13/h2-4,7,13-15H,5-6,8-10H2,1H3. The van der Waals surface area contributed by atoms with E-state index in [0.717, 1.165) is 32.5 Å². The van der Waals surface area contributed by atoms with Crippen LogP contribution in [-0.4, -0.2) is 24.4 Å². The van der Waals surface area contributed by atoms with Crippen molar-refractivity contribution in [2.45, 2.75) is 32.3 Å². The minimum atomic E-state index is -0.228. The van der Waals surface area contributed by atoms with Gasteiger partial charge in [-0.25, -0.2) is 0 Å². The quantitative estimate of drug-likeness (QED) is 0.844. The second kappa shape index (κ2) is 5.46. The van der Waals surface area contributed by atoms with Crippen LogP contribution < -0.4 is 0 Å². The van der Waals surface area contributed by atoms with Crippen molar-refractivity contribution in [3.63, 3.8) is 0 Å². The predicted molar refractivity (Wildman–Crippen MR) is 64.4 cm³/mol. The molecule has 0 amide bonds. The first-order chi connectivity index (χ1) is 7.74. The summed E-state index contributed by atoms with van der Waals surface area (Å²) in [5.41, 5.74) is 2.49. The first-order valence-electron chi connectivity index (χ1n) is 6.05. The number of hydrogen-bond donors (Lipinski definition) is 1. The van der Waals surface area contributed by atoms with E-state index >= 15 is 0 Å². The van der Waals surface area contributed by atoms with Gasteiger partial charge in [0.15, 0.2) is 0 Å². The highest BCUT2D eigenvalue weighted by Gasteiger charge is 2.19. The molecule has 0 spiro atoms. The number of hydrogen-bond acceptors (Lipinski definition) is 2. The lowest BCUT2D eigenvalue weighted by molar-refractivity contribution is 0.128. The summed E-state index contributed by atoms with van der Waals surface area (Å²) in [6.45, 7) is 3.77. The monoisotopic (exact) mass is 220 g/mol. The third kappa shape index (κ3) is 3.32. The molecule has 1 N–H and O–H groups in total. The fraction of sp³-hybridized carbons (Fsp3) is 0.571. The zero-order chi connectivity index (χ0) is 11.4. The molecule has 2 heteroatoms. The van der Waals surface area contributed by atoms with E-state index < -0.39 is 0 Å². The van der Waals surface area contributed by atoms with Crippen molar-refractivity contribution < 1.29 is 9.84 Å². The Labute approximate surface area is 97.3 Å². The summed E-state index contributed by atoms with van der Waals surface area (Å²) in [7, 11) is 0. The Morgan fingerprint density at radius 3 is 3.06 bits per heavy atom. The van der Waals surface area contributed by atoms with Crippen LogP contribution in [0.25, 0.3) is 0 Å². The highest BCUT2D eigenvalue weighted by molar-refractivity contribution is 5.22. The zero-order valence-corrected chi connectivity index (χ0v) is 9.86. The van der Waals surface area contributed by atoms with E-state index in [2.05, 4.69) is 31.2 Å². The average Bonchev–Trinajstić information content (AvgIpc) is 2.70. The van der Waals surface area contributed by atoms with Gasteiger partial charge in [-0.1, -0.05) is 29.8 Å². The summed E-state index contributed by atoms with van der Waals surface area (Å²) in [6, 6.07) is 8.37. The molecule has 2 unspecified atom stereocenters. The average molecular weight is 220 g/mol. The molecule has 2 atom stereocenters. The SMILES string of the molecule is Cc1cccc(CC(O)CC2CCOC2)c1. The van der Waals surface area contributed by atoms with Crippen LogP contribution in [0.2, 0.25) is 0 Å². The molecule has 1 aliphatic rings. The molecule has 1 heterocycles. The Morgan fingerprint density at radius 2 is 2.38 bits per heavy atom. The van der Waals surface area contributed by atoms with Crippen molar-refractivity contribution in [2.24, 2.45) is 5.92 Å². The van der Waals surface area contributed by atoms with Gasteiger partial charge in [0.05, 0.1) is 6.10 Å². The second-order valence-corrected chi connectivity index (χ2v) is 4.81. The molecule has 0 radical (unpaired) electrons. The number of rotatable bonds is 4. The number of benzene rings is 1. The highest BCUT2D eigenvalue weighted by atomic mass is 16.5. The number of ether oxygens (including phenoxy) is 1. The van der Waals surface area contributed by atoms with Crippen molar-refractivity contribution in [1.29, 1.82) is 0 Å². The summed E-state index contributed by atoms with van der Waals surface area (Å²) < 4.78 is 5.32. The van der Waals surface area contributed by atoms with Gasteiger partial charge in [-0.05, 0) is 37.7 Å². The Balaban J connectivity index is 1.84. The van der Waals surface area contributed by atoms with Crippen LogP contribution in [0, 0.1) is 12.8 Å². The largest absolute Gasteiger partial charge is 0.393 e. The maximum absolute atomic E-state index is 10.00. The molecule has 2 rings (SSSR count). The first-order valence-corrected chi connectivity index (χ1v) is 6.05. The Bertz CT molecular complexity index is 329. The number of aliphatic hydroxyl groups is 1.